The molecule has 0 aromatic rings. The van der Waals surface area contributed by atoms with Crippen LogP contribution in [-0.2, 0) is 4.79 Å². The van der Waals surface area contributed by atoms with Crippen molar-refractivity contribution in [3.63, 3.8) is 0 Å². The molecule has 88 valence electrons. The smallest absolute Gasteiger partial charge is 0.222 e. The molecule has 3 nitrogen and oxygen atoms in total. The predicted octanol–water partition coefficient (Wildman–Crippen LogP) is 1.80. The van der Waals surface area contributed by atoms with Gasteiger partial charge in [-0.2, -0.15) is 0 Å². The first-order chi connectivity index (χ1) is 7.52. The summed E-state index contributed by atoms with van der Waals surface area (Å²) in [5, 5.41) is 0. The minimum atomic E-state index is 0.172. The number of carbonyl (C=O) groups excluding carboxylic acids is 1. The Labute approximate surface area is 97.7 Å². The number of amides is 1. The van der Waals surface area contributed by atoms with Crippen LogP contribution in [0.2, 0.25) is 0 Å². The summed E-state index contributed by atoms with van der Waals surface area (Å²) in [5.74, 6) is 0.172. The van der Waals surface area contributed by atoms with Crippen molar-refractivity contribution in [2.45, 2.75) is 12.8 Å². The lowest BCUT2D eigenvalue weighted by Crippen LogP contribution is -2.23. The van der Waals surface area contributed by atoms with Crippen molar-refractivity contribution in [2.24, 2.45) is 0 Å². The lowest BCUT2D eigenvalue weighted by Gasteiger charge is -2.20. The zero-order valence-corrected chi connectivity index (χ0v) is 10.5. The van der Waals surface area contributed by atoms with Gasteiger partial charge in [0, 0.05) is 40.3 Å². The normalized spacial score (nSPS) is 13.1. The van der Waals surface area contributed by atoms with Crippen LogP contribution in [-0.4, -0.2) is 43.9 Å². The molecule has 0 heterocycles. The summed E-state index contributed by atoms with van der Waals surface area (Å²) in [7, 11) is 7.62. The maximum atomic E-state index is 11.5. The van der Waals surface area contributed by atoms with Gasteiger partial charge >= 0.3 is 0 Å². The van der Waals surface area contributed by atoms with Crippen LogP contribution < -0.4 is 0 Å². The maximum Gasteiger partial charge on any atom is 0.222 e. The quantitative estimate of drug-likeness (QED) is 0.721. The molecule has 0 bridgehead atoms. The van der Waals surface area contributed by atoms with Crippen LogP contribution in [0, 0.1) is 0 Å². The van der Waals surface area contributed by atoms with E-state index >= 15 is 0 Å². The van der Waals surface area contributed by atoms with E-state index in [9.17, 15) is 4.79 Å². The summed E-state index contributed by atoms with van der Waals surface area (Å²) < 4.78 is 0. The second kappa shape index (κ2) is 5.54. The van der Waals surface area contributed by atoms with E-state index in [0.29, 0.717) is 6.42 Å². The molecule has 16 heavy (non-hydrogen) atoms. The molecule has 0 spiro atoms. The monoisotopic (exact) mass is 220 g/mol. The predicted molar refractivity (Wildman–Crippen MR) is 66.9 cm³/mol. The molecule has 1 aliphatic carbocycles. The molecule has 0 saturated heterocycles. The van der Waals surface area contributed by atoms with Gasteiger partial charge in [0.25, 0.3) is 0 Å². The van der Waals surface area contributed by atoms with Crippen molar-refractivity contribution in [1.82, 2.24) is 9.80 Å². The fourth-order valence-electron chi connectivity index (χ4n) is 1.64. The van der Waals surface area contributed by atoms with E-state index in [4.69, 9.17) is 0 Å². The van der Waals surface area contributed by atoms with Crippen LogP contribution in [0.3, 0.4) is 0 Å². The van der Waals surface area contributed by atoms with Gasteiger partial charge in [-0.15, -0.1) is 0 Å². The second-order valence-electron chi connectivity index (χ2n) is 4.30. The number of hydrogen-bond acceptors (Lipinski definition) is 2. The molecule has 0 N–H and O–H groups in total. The average molecular weight is 220 g/mol. The Morgan fingerprint density at radius 3 is 2.00 bits per heavy atom. The van der Waals surface area contributed by atoms with Gasteiger partial charge in [-0.3, -0.25) is 4.79 Å². The molecule has 1 aliphatic rings. The van der Waals surface area contributed by atoms with Gasteiger partial charge in [0.2, 0.25) is 5.91 Å². The molecule has 3 heteroatoms. The fraction of sp³-hybridized carbons (Fsp3) is 0.462. The van der Waals surface area contributed by atoms with E-state index in [2.05, 4.69) is 17.1 Å². The fourth-order valence-corrected chi connectivity index (χ4v) is 1.64. The molecular formula is C13H20N2O. The van der Waals surface area contributed by atoms with Crippen molar-refractivity contribution >= 4 is 5.91 Å². The van der Waals surface area contributed by atoms with Crippen molar-refractivity contribution in [2.75, 3.05) is 28.2 Å². The summed E-state index contributed by atoms with van der Waals surface area (Å²) in [4.78, 5) is 15.3. The molecule has 0 aliphatic heterocycles. The molecule has 0 aromatic carbocycles. The third kappa shape index (κ3) is 3.26. The molecule has 1 rings (SSSR count). The summed E-state index contributed by atoms with van der Waals surface area (Å²) in [6.45, 7) is 0. The first kappa shape index (κ1) is 12.6. The van der Waals surface area contributed by atoms with Crippen molar-refractivity contribution in [3.8, 4) is 0 Å². The van der Waals surface area contributed by atoms with Crippen molar-refractivity contribution in [3.05, 3.63) is 35.6 Å². The summed E-state index contributed by atoms with van der Waals surface area (Å²) in [6, 6.07) is 0. The first-order valence-electron chi connectivity index (χ1n) is 5.47. The van der Waals surface area contributed by atoms with Gasteiger partial charge in [-0.05, 0) is 12.0 Å². The Morgan fingerprint density at radius 2 is 1.56 bits per heavy atom. The number of allylic oxidation sites excluding steroid dienone is 6. The SMILES string of the molecule is CN(C)C(=O)CCC(=C1C=CC=C1)N(C)C. The minimum absolute atomic E-state index is 0.172. The van der Waals surface area contributed by atoms with Gasteiger partial charge in [0.1, 0.15) is 0 Å². The van der Waals surface area contributed by atoms with Crippen LogP contribution in [0.4, 0.5) is 0 Å². The number of carbonyl (C=O) groups is 1. The van der Waals surface area contributed by atoms with Crippen LogP contribution in [0.25, 0.3) is 0 Å². The van der Waals surface area contributed by atoms with E-state index in [1.165, 1.54) is 11.3 Å². The second-order valence-corrected chi connectivity index (χ2v) is 4.30. The highest BCUT2D eigenvalue weighted by atomic mass is 16.2. The van der Waals surface area contributed by atoms with Crippen LogP contribution in [0.5, 0.6) is 0 Å². The van der Waals surface area contributed by atoms with E-state index in [0.717, 1.165) is 6.42 Å². The van der Waals surface area contributed by atoms with Crippen molar-refractivity contribution < 1.29 is 4.79 Å². The Kier molecular flexibility index (Phi) is 4.35. The first-order valence-corrected chi connectivity index (χ1v) is 5.47. The Balaban J connectivity index is 2.68. The van der Waals surface area contributed by atoms with E-state index < -0.39 is 0 Å². The number of hydrogen-bond donors (Lipinski definition) is 0. The highest BCUT2D eigenvalue weighted by molar-refractivity contribution is 5.75. The third-order valence-corrected chi connectivity index (χ3v) is 2.61. The highest BCUT2D eigenvalue weighted by Crippen LogP contribution is 2.19. The van der Waals surface area contributed by atoms with E-state index in [-0.39, 0.29) is 5.91 Å². The zero-order valence-electron chi connectivity index (χ0n) is 10.5. The molecule has 0 aromatic heterocycles. The molecule has 0 fully saturated rings. The van der Waals surface area contributed by atoms with Crippen LogP contribution in [0.15, 0.2) is 35.6 Å². The van der Waals surface area contributed by atoms with Gasteiger partial charge < -0.3 is 9.80 Å². The zero-order chi connectivity index (χ0) is 12.1. The minimum Gasteiger partial charge on any atom is -0.380 e. The lowest BCUT2D eigenvalue weighted by atomic mass is 10.1. The number of rotatable bonds is 4. The average Bonchev–Trinajstić information content (AvgIpc) is 2.70. The highest BCUT2D eigenvalue weighted by Gasteiger charge is 2.10. The summed E-state index contributed by atoms with van der Waals surface area (Å²) in [5.41, 5.74) is 2.41. The molecule has 0 atom stereocenters. The molecule has 0 radical (unpaired) electrons. The third-order valence-electron chi connectivity index (χ3n) is 2.61. The van der Waals surface area contributed by atoms with Gasteiger partial charge in [-0.25, -0.2) is 0 Å². The molecule has 0 unspecified atom stereocenters. The standard InChI is InChI=1S/C13H20N2O/c1-14(2)12(11-7-5-6-8-11)9-10-13(16)15(3)4/h5-8H,9-10H2,1-4H3. The Bertz CT molecular complexity index is 335. The van der Waals surface area contributed by atoms with Gasteiger partial charge in [-0.1, -0.05) is 24.3 Å². The van der Waals surface area contributed by atoms with Gasteiger partial charge in [0.15, 0.2) is 0 Å². The lowest BCUT2D eigenvalue weighted by molar-refractivity contribution is -0.128. The van der Waals surface area contributed by atoms with Crippen molar-refractivity contribution in [1.29, 1.82) is 0 Å². The maximum absolute atomic E-state index is 11.5. The Morgan fingerprint density at radius 1 is 1.00 bits per heavy atom. The summed E-state index contributed by atoms with van der Waals surface area (Å²) in [6.07, 6.45) is 9.55. The molecular weight excluding hydrogens is 200 g/mol. The topological polar surface area (TPSA) is 23.6 Å². The van der Waals surface area contributed by atoms with Crippen LogP contribution >= 0.6 is 0 Å². The summed E-state index contributed by atoms with van der Waals surface area (Å²) >= 11 is 0. The van der Waals surface area contributed by atoms with Gasteiger partial charge in [0.05, 0.1) is 0 Å². The number of nitrogens with zero attached hydrogens (tertiary/aromatic N) is 2. The van der Waals surface area contributed by atoms with E-state index in [1.807, 2.05) is 26.2 Å². The van der Waals surface area contributed by atoms with E-state index in [1.54, 1.807) is 19.0 Å². The largest absolute Gasteiger partial charge is 0.380 e. The van der Waals surface area contributed by atoms with Crippen LogP contribution in [0.1, 0.15) is 12.8 Å². The molecule has 1 amide bonds. The Hall–Kier alpha value is -1.51. The molecule has 0 saturated carbocycles.